The fourth-order valence-corrected chi connectivity index (χ4v) is 2.78. The van der Waals surface area contributed by atoms with Crippen LogP contribution in [0.3, 0.4) is 0 Å². The Morgan fingerprint density at radius 3 is 2.78 bits per heavy atom. The molecule has 0 atom stereocenters. The molecule has 0 saturated heterocycles. The highest BCUT2D eigenvalue weighted by molar-refractivity contribution is 7.98. The van der Waals surface area contributed by atoms with E-state index in [1.165, 1.54) is 5.56 Å². The van der Waals surface area contributed by atoms with E-state index in [0.717, 1.165) is 16.6 Å². The van der Waals surface area contributed by atoms with E-state index in [0.29, 0.717) is 24.7 Å². The van der Waals surface area contributed by atoms with Crippen molar-refractivity contribution in [3.8, 4) is 0 Å². The summed E-state index contributed by atoms with van der Waals surface area (Å²) < 4.78 is 5.07. The fraction of sp³-hybridized carbons (Fsp3) is 0.250. The second-order valence-electron chi connectivity index (χ2n) is 4.93. The normalized spacial score (nSPS) is 10.7. The van der Waals surface area contributed by atoms with E-state index in [9.17, 15) is 0 Å². The number of hydrogen-bond acceptors (Lipinski definition) is 7. The summed E-state index contributed by atoms with van der Waals surface area (Å²) >= 11 is 1.67. The summed E-state index contributed by atoms with van der Waals surface area (Å²) in [7, 11) is 0. The predicted octanol–water partition coefficient (Wildman–Crippen LogP) is 3.11. The van der Waals surface area contributed by atoms with E-state index in [-0.39, 0.29) is 0 Å². The lowest BCUT2D eigenvalue weighted by atomic mass is 10.2. The van der Waals surface area contributed by atoms with E-state index >= 15 is 0 Å². The number of benzene rings is 1. The monoisotopic (exact) mass is 327 g/mol. The first-order chi connectivity index (χ1) is 11.3. The molecule has 23 heavy (non-hydrogen) atoms. The van der Waals surface area contributed by atoms with Crippen LogP contribution >= 0.6 is 11.8 Å². The van der Waals surface area contributed by atoms with Gasteiger partial charge in [0.2, 0.25) is 5.89 Å². The van der Waals surface area contributed by atoms with E-state index < -0.39 is 0 Å². The molecule has 0 unspecified atom stereocenters. The number of hydrogen-bond donors (Lipinski definition) is 1. The highest BCUT2D eigenvalue weighted by atomic mass is 32.2. The van der Waals surface area contributed by atoms with Gasteiger partial charge in [-0.05, 0) is 12.5 Å². The van der Waals surface area contributed by atoms with Gasteiger partial charge in [-0.3, -0.25) is 4.98 Å². The first kappa shape index (κ1) is 15.5. The maximum Gasteiger partial charge on any atom is 0.228 e. The van der Waals surface area contributed by atoms with Gasteiger partial charge in [0.25, 0.3) is 0 Å². The quantitative estimate of drug-likeness (QED) is 0.668. The molecule has 0 amide bonds. The van der Waals surface area contributed by atoms with Crippen LogP contribution in [-0.2, 0) is 12.2 Å². The number of anilines is 1. The zero-order chi connectivity index (χ0) is 15.9. The zero-order valence-electron chi connectivity index (χ0n) is 12.8. The lowest BCUT2D eigenvalue weighted by Gasteiger charge is -2.05. The van der Waals surface area contributed by atoms with Gasteiger partial charge >= 0.3 is 0 Å². The Morgan fingerprint density at radius 1 is 1.13 bits per heavy atom. The van der Waals surface area contributed by atoms with Crippen molar-refractivity contribution in [2.45, 2.75) is 24.1 Å². The third kappa shape index (κ3) is 4.79. The van der Waals surface area contributed by atoms with Crippen molar-refractivity contribution in [3.05, 3.63) is 60.0 Å². The highest BCUT2D eigenvalue weighted by Crippen LogP contribution is 2.21. The van der Waals surface area contributed by atoms with Crippen molar-refractivity contribution in [2.75, 3.05) is 11.9 Å². The smallest absolute Gasteiger partial charge is 0.228 e. The third-order valence-electron chi connectivity index (χ3n) is 3.06. The van der Waals surface area contributed by atoms with Gasteiger partial charge in [-0.25, -0.2) is 4.98 Å². The Balaban J connectivity index is 1.50. The molecule has 3 aromatic rings. The molecule has 7 heteroatoms. The molecule has 1 N–H and O–H groups in total. The summed E-state index contributed by atoms with van der Waals surface area (Å²) in [6, 6.07) is 10.3. The van der Waals surface area contributed by atoms with E-state index in [1.54, 1.807) is 31.1 Å². The molecule has 0 aliphatic rings. The van der Waals surface area contributed by atoms with E-state index in [1.807, 2.05) is 18.2 Å². The summed E-state index contributed by atoms with van der Waals surface area (Å²) in [4.78, 5) is 12.9. The Hall–Kier alpha value is -2.41. The molecular weight excluding hydrogens is 310 g/mol. The van der Waals surface area contributed by atoms with Crippen LogP contribution in [0.2, 0.25) is 0 Å². The number of nitrogens with zero attached hydrogens (tertiary/aromatic N) is 4. The average molecular weight is 327 g/mol. The lowest BCUT2D eigenvalue weighted by molar-refractivity contribution is 0.377. The number of rotatable bonds is 7. The molecule has 3 rings (SSSR count). The summed E-state index contributed by atoms with van der Waals surface area (Å²) in [5.74, 6) is 2.90. The topological polar surface area (TPSA) is 76.7 Å². The minimum Gasteiger partial charge on any atom is -0.368 e. The van der Waals surface area contributed by atoms with Gasteiger partial charge in [-0.1, -0.05) is 35.5 Å². The Labute approximate surface area is 138 Å². The molecule has 0 spiro atoms. The summed E-state index contributed by atoms with van der Waals surface area (Å²) in [6.07, 6.45) is 4.15. The maximum atomic E-state index is 5.07. The molecule has 1 aromatic carbocycles. The SMILES string of the molecule is Cc1noc(CCNc2cncc(SCc3ccccc3)n2)n1. The largest absolute Gasteiger partial charge is 0.368 e. The minimum absolute atomic E-state index is 0.623. The third-order valence-corrected chi connectivity index (χ3v) is 4.03. The van der Waals surface area contributed by atoms with Gasteiger partial charge in [0.05, 0.1) is 12.4 Å². The number of thioether (sulfide) groups is 1. The zero-order valence-corrected chi connectivity index (χ0v) is 13.6. The van der Waals surface area contributed by atoms with Gasteiger partial charge in [-0.15, -0.1) is 11.8 Å². The molecule has 2 aromatic heterocycles. The van der Waals surface area contributed by atoms with Gasteiger partial charge in [0, 0.05) is 18.7 Å². The van der Waals surface area contributed by atoms with Crippen LogP contribution in [-0.4, -0.2) is 26.7 Å². The minimum atomic E-state index is 0.623. The first-order valence-corrected chi connectivity index (χ1v) is 8.30. The molecule has 6 nitrogen and oxygen atoms in total. The van der Waals surface area contributed by atoms with Crippen molar-refractivity contribution in [3.63, 3.8) is 0 Å². The molecule has 0 aliphatic heterocycles. The molecule has 0 bridgehead atoms. The molecular formula is C16H17N5OS. The van der Waals surface area contributed by atoms with Crippen LogP contribution in [0.25, 0.3) is 0 Å². The van der Waals surface area contributed by atoms with E-state index in [4.69, 9.17) is 4.52 Å². The van der Waals surface area contributed by atoms with Crippen molar-refractivity contribution in [1.29, 1.82) is 0 Å². The van der Waals surface area contributed by atoms with Crippen molar-refractivity contribution < 1.29 is 4.52 Å². The van der Waals surface area contributed by atoms with Crippen LogP contribution in [0.15, 0.2) is 52.3 Å². The molecule has 0 fully saturated rings. The van der Waals surface area contributed by atoms with Gasteiger partial charge in [0.15, 0.2) is 5.82 Å². The highest BCUT2D eigenvalue weighted by Gasteiger charge is 2.04. The number of aromatic nitrogens is 4. The average Bonchev–Trinajstić information content (AvgIpc) is 3.00. The first-order valence-electron chi connectivity index (χ1n) is 7.31. The molecule has 0 radical (unpaired) electrons. The molecule has 0 aliphatic carbocycles. The summed E-state index contributed by atoms with van der Waals surface area (Å²) in [5.41, 5.74) is 1.27. The molecule has 118 valence electrons. The maximum absolute atomic E-state index is 5.07. The van der Waals surface area contributed by atoms with Crippen molar-refractivity contribution >= 4 is 17.6 Å². The van der Waals surface area contributed by atoms with Gasteiger partial charge < -0.3 is 9.84 Å². The fourth-order valence-electron chi connectivity index (χ4n) is 1.97. The number of nitrogens with one attached hydrogen (secondary N) is 1. The van der Waals surface area contributed by atoms with Crippen LogP contribution < -0.4 is 5.32 Å². The lowest BCUT2D eigenvalue weighted by Crippen LogP contribution is -2.07. The molecule has 0 saturated carbocycles. The summed E-state index contributed by atoms with van der Waals surface area (Å²) in [5, 5.41) is 7.89. The van der Waals surface area contributed by atoms with Gasteiger partial charge in [0.1, 0.15) is 10.8 Å². The Kier molecular flexibility index (Phi) is 5.21. The van der Waals surface area contributed by atoms with Crippen LogP contribution in [0.4, 0.5) is 5.82 Å². The summed E-state index contributed by atoms with van der Waals surface area (Å²) in [6.45, 7) is 2.47. The van der Waals surface area contributed by atoms with Gasteiger partial charge in [-0.2, -0.15) is 4.98 Å². The standard InChI is InChI=1S/C16H17N5OS/c1-12-19-15(22-21-12)7-8-18-14-9-17-10-16(20-14)23-11-13-5-3-2-4-6-13/h2-6,9-10H,7-8,11H2,1H3,(H,18,20). The van der Waals surface area contributed by atoms with Crippen molar-refractivity contribution in [2.24, 2.45) is 0 Å². The Bertz CT molecular complexity index is 747. The van der Waals surface area contributed by atoms with Crippen molar-refractivity contribution in [1.82, 2.24) is 20.1 Å². The second-order valence-corrected chi connectivity index (χ2v) is 5.92. The Morgan fingerprint density at radius 2 is 2.00 bits per heavy atom. The second kappa shape index (κ2) is 7.73. The molecule has 2 heterocycles. The predicted molar refractivity (Wildman–Crippen MR) is 89.3 cm³/mol. The van der Waals surface area contributed by atoms with Crippen LogP contribution in [0.1, 0.15) is 17.3 Å². The number of aryl methyl sites for hydroxylation is 1. The van der Waals surface area contributed by atoms with Crippen LogP contribution in [0, 0.1) is 6.92 Å². The van der Waals surface area contributed by atoms with Crippen LogP contribution in [0.5, 0.6) is 0 Å². The van der Waals surface area contributed by atoms with E-state index in [2.05, 4.69) is 37.6 Å².